The Hall–Kier alpha value is -2.82. The van der Waals surface area contributed by atoms with Gasteiger partial charge < -0.3 is 14.7 Å². The summed E-state index contributed by atoms with van der Waals surface area (Å²) in [4.78, 5) is 30.6. The lowest BCUT2D eigenvalue weighted by atomic mass is 10.1. The summed E-state index contributed by atoms with van der Waals surface area (Å²) in [7, 11) is 3.95. The van der Waals surface area contributed by atoms with Crippen LogP contribution in [0.1, 0.15) is 32.8 Å². The molecule has 0 saturated heterocycles. The van der Waals surface area contributed by atoms with Crippen molar-refractivity contribution in [3.05, 3.63) is 60.2 Å². The maximum Gasteiger partial charge on any atom is 0.224 e. The highest BCUT2D eigenvalue weighted by Gasteiger charge is 2.20. The van der Waals surface area contributed by atoms with Crippen molar-refractivity contribution < 1.29 is 9.59 Å². The van der Waals surface area contributed by atoms with E-state index < -0.39 is 0 Å². The van der Waals surface area contributed by atoms with Crippen molar-refractivity contribution in [1.29, 1.82) is 0 Å². The van der Waals surface area contributed by atoms with Gasteiger partial charge in [0.25, 0.3) is 0 Å². The quantitative estimate of drug-likeness (QED) is 0.696. The van der Waals surface area contributed by atoms with E-state index in [1.54, 1.807) is 4.90 Å². The lowest BCUT2D eigenvalue weighted by Gasteiger charge is -2.29. The molecule has 0 unspecified atom stereocenters. The molecule has 0 spiro atoms. The number of hydrogen-bond acceptors (Lipinski definition) is 3. The number of rotatable bonds is 8. The van der Waals surface area contributed by atoms with E-state index in [0.717, 1.165) is 16.9 Å². The van der Waals surface area contributed by atoms with Crippen molar-refractivity contribution in [2.75, 3.05) is 30.4 Å². The van der Waals surface area contributed by atoms with Crippen LogP contribution in [0.3, 0.4) is 0 Å². The molecule has 150 valence electrons. The maximum absolute atomic E-state index is 12.9. The van der Waals surface area contributed by atoms with Crippen LogP contribution in [0.2, 0.25) is 0 Å². The first-order chi connectivity index (χ1) is 13.3. The van der Waals surface area contributed by atoms with E-state index >= 15 is 0 Å². The second-order valence-electron chi connectivity index (χ2n) is 7.43. The molecule has 0 bridgehead atoms. The average molecular weight is 382 g/mol. The highest BCUT2D eigenvalue weighted by molar-refractivity contribution is 5.92. The van der Waals surface area contributed by atoms with Gasteiger partial charge in [-0.15, -0.1) is 0 Å². The second kappa shape index (κ2) is 9.93. The summed E-state index contributed by atoms with van der Waals surface area (Å²) in [6.07, 6.45) is 0.292. The van der Waals surface area contributed by atoms with Crippen LogP contribution in [-0.4, -0.2) is 43.4 Å². The first-order valence-corrected chi connectivity index (χ1v) is 9.68. The van der Waals surface area contributed by atoms with Crippen LogP contribution in [0.4, 0.5) is 11.4 Å². The Morgan fingerprint density at radius 3 is 1.96 bits per heavy atom. The van der Waals surface area contributed by atoms with Gasteiger partial charge in [0.05, 0.1) is 0 Å². The fraction of sp³-hybridized carbons (Fsp3) is 0.391. The fourth-order valence-electron chi connectivity index (χ4n) is 3.09. The molecule has 0 aliphatic carbocycles. The van der Waals surface area contributed by atoms with Crippen molar-refractivity contribution >= 4 is 23.2 Å². The minimum atomic E-state index is -0.0652. The first-order valence-electron chi connectivity index (χ1n) is 9.68. The highest BCUT2D eigenvalue weighted by atomic mass is 16.2. The Morgan fingerprint density at radius 2 is 1.46 bits per heavy atom. The van der Waals surface area contributed by atoms with Crippen molar-refractivity contribution in [2.24, 2.45) is 0 Å². The lowest BCUT2D eigenvalue weighted by Crippen LogP contribution is -2.39. The van der Waals surface area contributed by atoms with Crippen LogP contribution >= 0.6 is 0 Å². The molecule has 0 fully saturated rings. The molecule has 2 aromatic rings. The van der Waals surface area contributed by atoms with Gasteiger partial charge in [0, 0.05) is 57.9 Å². The third-order valence-corrected chi connectivity index (χ3v) is 4.75. The number of benzene rings is 2. The molecule has 2 amide bonds. The van der Waals surface area contributed by atoms with Gasteiger partial charge in [0.2, 0.25) is 11.8 Å². The molecule has 0 atom stereocenters. The SMILES string of the molecule is CC(=O)N(CCC(=O)N(Cc1ccccc1)C(C)C)c1ccc(N(C)C)cc1. The van der Waals surface area contributed by atoms with Crippen LogP contribution in [0.5, 0.6) is 0 Å². The van der Waals surface area contributed by atoms with Gasteiger partial charge in [-0.25, -0.2) is 0 Å². The first kappa shape index (κ1) is 21.5. The molecule has 0 saturated carbocycles. The van der Waals surface area contributed by atoms with Gasteiger partial charge in [0.1, 0.15) is 0 Å². The summed E-state index contributed by atoms with van der Waals surface area (Å²) in [6.45, 7) is 6.52. The van der Waals surface area contributed by atoms with Crippen LogP contribution in [0.25, 0.3) is 0 Å². The zero-order valence-corrected chi connectivity index (χ0v) is 17.6. The van der Waals surface area contributed by atoms with E-state index in [4.69, 9.17) is 0 Å². The molecule has 5 heteroatoms. The summed E-state index contributed by atoms with van der Waals surface area (Å²) in [5, 5.41) is 0. The van der Waals surface area contributed by atoms with Crippen LogP contribution in [0.15, 0.2) is 54.6 Å². The van der Waals surface area contributed by atoms with Crippen molar-refractivity contribution in [2.45, 2.75) is 39.8 Å². The molecule has 0 aliphatic rings. The van der Waals surface area contributed by atoms with E-state index in [1.807, 2.05) is 92.3 Å². The highest BCUT2D eigenvalue weighted by Crippen LogP contribution is 2.20. The van der Waals surface area contributed by atoms with Crippen molar-refractivity contribution in [1.82, 2.24) is 4.90 Å². The molecular formula is C23H31N3O2. The van der Waals surface area contributed by atoms with Crippen molar-refractivity contribution in [3.8, 4) is 0 Å². The summed E-state index contributed by atoms with van der Waals surface area (Å²) < 4.78 is 0. The normalized spacial score (nSPS) is 10.6. The van der Waals surface area contributed by atoms with E-state index in [0.29, 0.717) is 19.5 Å². The van der Waals surface area contributed by atoms with Crippen LogP contribution < -0.4 is 9.80 Å². The Kier molecular flexibility index (Phi) is 7.61. The lowest BCUT2D eigenvalue weighted by molar-refractivity contribution is -0.133. The van der Waals surface area contributed by atoms with Gasteiger partial charge in [-0.05, 0) is 43.7 Å². The fourth-order valence-corrected chi connectivity index (χ4v) is 3.09. The number of carbonyl (C=O) groups is 2. The maximum atomic E-state index is 12.9. The van der Waals surface area contributed by atoms with Gasteiger partial charge >= 0.3 is 0 Å². The third kappa shape index (κ3) is 5.84. The summed E-state index contributed by atoms with van der Waals surface area (Å²) >= 11 is 0. The average Bonchev–Trinajstić information content (AvgIpc) is 2.66. The van der Waals surface area contributed by atoms with Gasteiger partial charge in [-0.2, -0.15) is 0 Å². The van der Waals surface area contributed by atoms with E-state index in [9.17, 15) is 9.59 Å². The number of nitrogens with zero attached hydrogens (tertiary/aromatic N) is 3. The van der Waals surface area contributed by atoms with E-state index in [1.165, 1.54) is 6.92 Å². The molecule has 2 aromatic carbocycles. The molecule has 2 rings (SSSR count). The standard InChI is InChI=1S/C23H31N3O2/c1-18(2)26(17-20-9-7-6-8-10-20)23(28)15-16-25(19(3)27)22-13-11-21(12-14-22)24(4)5/h6-14,18H,15-17H2,1-5H3. The third-order valence-electron chi connectivity index (χ3n) is 4.75. The molecular weight excluding hydrogens is 350 g/mol. The molecule has 28 heavy (non-hydrogen) atoms. The Bertz CT molecular complexity index is 770. The number of carbonyl (C=O) groups excluding carboxylic acids is 2. The largest absolute Gasteiger partial charge is 0.378 e. The number of hydrogen-bond donors (Lipinski definition) is 0. The Labute approximate surface area is 168 Å². The topological polar surface area (TPSA) is 43.9 Å². The van der Waals surface area contributed by atoms with Crippen molar-refractivity contribution in [3.63, 3.8) is 0 Å². The molecule has 0 heterocycles. The molecule has 0 radical (unpaired) electrons. The summed E-state index contributed by atoms with van der Waals surface area (Å²) in [5.41, 5.74) is 2.98. The molecule has 0 aliphatic heterocycles. The summed E-state index contributed by atoms with van der Waals surface area (Å²) in [6, 6.07) is 17.9. The number of anilines is 2. The molecule has 0 aromatic heterocycles. The van der Waals surface area contributed by atoms with Crippen LogP contribution in [-0.2, 0) is 16.1 Å². The zero-order valence-electron chi connectivity index (χ0n) is 17.6. The Morgan fingerprint density at radius 1 is 0.893 bits per heavy atom. The van der Waals surface area contributed by atoms with E-state index in [2.05, 4.69) is 0 Å². The van der Waals surface area contributed by atoms with Gasteiger partial charge in [-0.1, -0.05) is 30.3 Å². The predicted molar refractivity (Wildman–Crippen MR) is 116 cm³/mol. The smallest absolute Gasteiger partial charge is 0.224 e. The van der Waals surface area contributed by atoms with Gasteiger partial charge in [0.15, 0.2) is 0 Å². The minimum Gasteiger partial charge on any atom is -0.378 e. The van der Waals surface area contributed by atoms with Gasteiger partial charge in [-0.3, -0.25) is 9.59 Å². The number of amides is 2. The minimum absolute atomic E-state index is 0.0509. The Balaban J connectivity index is 2.06. The summed E-state index contributed by atoms with van der Waals surface area (Å²) in [5.74, 6) is -0.0143. The van der Waals surface area contributed by atoms with Crippen LogP contribution in [0, 0.1) is 0 Å². The predicted octanol–water partition coefficient (Wildman–Crippen LogP) is 3.93. The second-order valence-corrected chi connectivity index (χ2v) is 7.43. The zero-order chi connectivity index (χ0) is 20.7. The van der Waals surface area contributed by atoms with E-state index in [-0.39, 0.29) is 17.9 Å². The molecule has 5 nitrogen and oxygen atoms in total. The monoisotopic (exact) mass is 381 g/mol. The molecule has 0 N–H and O–H groups in total.